The second kappa shape index (κ2) is 6.53. The number of carbonyl (C=O) groups is 3. The Morgan fingerprint density at radius 3 is 2.71 bits per heavy atom. The van der Waals surface area contributed by atoms with Crippen LogP contribution in [0.4, 0.5) is 4.79 Å². The van der Waals surface area contributed by atoms with Crippen LogP contribution in [0.25, 0.3) is 5.69 Å². The Hall–Kier alpha value is -3.16. The lowest BCUT2D eigenvalue weighted by Gasteiger charge is -2.17. The number of nitrogens with one attached hydrogen (secondary N) is 2. The van der Waals surface area contributed by atoms with Gasteiger partial charge in [-0.1, -0.05) is 18.2 Å². The lowest BCUT2D eigenvalue weighted by atomic mass is 10.2. The highest BCUT2D eigenvalue weighted by atomic mass is 16.2. The standard InChI is InChI=1S/C16H17N5O3/c1-20(14(22)7-13-15(23)19-16(24)18-13)9-11-8-17-21(10-11)12-5-3-2-4-6-12/h2-6,8,10,13H,7,9H2,1H3,(H2,18,19,23,24)/t13-/m1/s1. The summed E-state index contributed by atoms with van der Waals surface area (Å²) in [4.78, 5) is 36.3. The van der Waals surface area contributed by atoms with E-state index in [9.17, 15) is 14.4 Å². The molecule has 1 aliphatic rings. The van der Waals surface area contributed by atoms with Gasteiger partial charge in [-0.3, -0.25) is 14.9 Å². The van der Waals surface area contributed by atoms with E-state index in [1.807, 2.05) is 36.5 Å². The van der Waals surface area contributed by atoms with Crippen molar-refractivity contribution in [1.29, 1.82) is 0 Å². The summed E-state index contributed by atoms with van der Waals surface area (Å²) in [5, 5.41) is 8.81. The zero-order valence-corrected chi connectivity index (χ0v) is 13.1. The molecule has 3 rings (SSSR count). The molecule has 0 radical (unpaired) electrons. The van der Waals surface area contributed by atoms with Crippen LogP contribution in [0, 0.1) is 0 Å². The number of rotatable bonds is 5. The Bertz CT molecular complexity index is 771. The van der Waals surface area contributed by atoms with Gasteiger partial charge < -0.3 is 10.2 Å². The van der Waals surface area contributed by atoms with E-state index < -0.39 is 18.0 Å². The molecule has 1 atom stereocenters. The van der Waals surface area contributed by atoms with Gasteiger partial charge in [-0.15, -0.1) is 0 Å². The van der Waals surface area contributed by atoms with E-state index in [4.69, 9.17) is 0 Å². The predicted molar refractivity (Wildman–Crippen MR) is 85.1 cm³/mol. The van der Waals surface area contributed by atoms with Gasteiger partial charge in [0, 0.05) is 25.4 Å². The fourth-order valence-corrected chi connectivity index (χ4v) is 2.46. The quantitative estimate of drug-likeness (QED) is 0.778. The molecular formula is C16H17N5O3. The summed E-state index contributed by atoms with van der Waals surface area (Å²) in [6, 6.07) is 8.28. The van der Waals surface area contributed by atoms with Gasteiger partial charge in [0.2, 0.25) is 5.91 Å². The molecule has 0 bridgehead atoms. The predicted octanol–water partition coefficient (Wildman–Crippen LogP) is 0.429. The first-order valence-electron chi connectivity index (χ1n) is 7.47. The van der Waals surface area contributed by atoms with Crippen LogP contribution < -0.4 is 10.6 Å². The van der Waals surface area contributed by atoms with Crippen molar-refractivity contribution in [2.24, 2.45) is 0 Å². The van der Waals surface area contributed by atoms with Crippen LogP contribution in [0.2, 0.25) is 0 Å². The molecule has 8 nitrogen and oxygen atoms in total. The van der Waals surface area contributed by atoms with Gasteiger partial charge in [0.1, 0.15) is 6.04 Å². The van der Waals surface area contributed by atoms with E-state index >= 15 is 0 Å². The molecule has 4 amide bonds. The number of hydrogen-bond donors (Lipinski definition) is 2. The van der Waals surface area contributed by atoms with E-state index in [2.05, 4.69) is 15.7 Å². The van der Waals surface area contributed by atoms with Crippen molar-refractivity contribution in [3.05, 3.63) is 48.3 Å². The van der Waals surface area contributed by atoms with E-state index in [1.165, 1.54) is 4.90 Å². The Balaban J connectivity index is 1.59. The van der Waals surface area contributed by atoms with Gasteiger partial charge in [0.25, 0.3) is 5.91 Å². The van der Waals surface area contributed by atoms with E-state index in [0.29, 0.717) is 6.54 Å². The minimum atomic E-state index is -0.806. The molecule has 0 aliphatic carbocycles. The smallest absolute Gasteiger partial charge is 0.322 e. The van der Waals surface area contributed by atoms with Crippen molar-refractivity contribution >= 4 is 17.8 Å². The van der Waals surface area contributed by atoms with Gasteiger partial charge in [-0.2, -0.15) is 5.10 Å². The number of amides is 4. The molecule has 1 fully saturated rings. The first kappa shape index (κ1) is 15.7. The Morgan fingerprint density at radius 1 is 1.29 bits per heavy atom. The van der Waals surface area contributed by atoms with Gasteiger partial charge in [0.15, 0.2) is 0 Å². The van der Waals surface area contributed by atoms with Crippen LogP contribution >= 0.6 is 0 Å². The summed E-state index contributed by atoms with van der Waals surface area (Å²) >= 11 is 0. The van der Waals surface area contributed by atoms with E-state index in [1.54, 1.807) is 17.9 Å². The largest absolute Gasteiger partial charge is 0.341 e. The molecule has 1 saturated heterocycles. The van der Waals surface area contributed by atoms with Crippen LogP contribution in [0.3, 0.4) is 0 Å². The summed E-state index contributed by atoms with van der Waals surface area (Å²) in [5.74, 6) is -0.705. The van der Waals surface area contributed by atoms with E-state index in [-0.39, 0.29) is 12.3 Å². The second-order valence-electron chi connectivity index (χ2n) is 5.60. The number of urea groups is 1. The Morgan fingerprint density at radius 2 is 2.04 bits per heavy atom. The fourth-order valence-electron chi connectivity index (χ4n) is 2.46. The first-order chi connectivity index (χ1) is 11.5. The third kappa shape index (κ3) is 3.43. The Labute approximate surface area is 138 Å². The second-order valence-corrected chi connectivity index (χ2v) is 5.60. The number of para-hydroxylation sites is 1. The number of carbonyl (C=O) groups excluding carboxylic acids is 3. The maximum Gasteiger partial charge on any atom is 0.322 e. The molecule has 0 saturated carbocycles. The Kier molecular flexibility index (Phi) is 4.28. The van der Waals surface area contributed by atoms with E-state index in [0.717, 1.165) is 11.3 Å². The monoisotopic (exact) mass is 327 g/mol. The number of hydrogen-bond acceptors (Lipinski definition) is 4. The SMILES string of the molecule is CN(Cc1cnn(-c2ccccc2)c1)C(=O)C[C@H]1NC(=O)NC1=O. The van der Waals surface area contributed by atoms with Crippen LogP contribution in [0.1, 0.15) is 12.0 Å². The minimum absolute atomic E-state index is 0.0686. The molecule has 1 aromatic heterocycles. The maximum atomic E-state index is 12.2. The molecule has 2 N–H and O–H groups in total. The van der Waals surface area contributed by atoms with Crippen LogP contribution in [0.15, 0.2) is 42.7 Å². The lowest BCUT2D eigenvalue weighted by molar-refractivity contribution is -0.133. The molecule has 24 heavy (non-hydrogen) atoms. The zero-order valence-electron chi connectivity index (χ0n) is 13.1. The summed E-state index contributed by atoms with van der Waals surface area (Å²) in [5.41, 5.74) is 1.80. The molecule has 2 heterocycles. The molecule has 1 aromatic carbocycles. The van der Waals surface area contributed by atoms with Crippen LogP contribution in [-0.4, -0.2) is 45.6 Å². The minimum Gasteiger partial charge on any atom is -0.341 e. The molecule has 0 unspecified atom stereocenters. The van der Waals surface area contributed by atoms with Crippen molar-refractivity contribution in [2.45, 2.75) is 19.0 Å². The van der Waals surface area contributed by atoms with Crippen LogP contribution in [-0.2, 0) is 16.1 Å². The van der Waals surface area contributed by atoms with Crippen molar-refractivity contribution in [3.63, 3.8) is 0 Å². The fraction of sp³-hybridized carbons (Fsp3) is 0.250. The van der Waals surface area contributed by atoms with Crippen LogP contribution in [0.5, 0.6) is 0 Å². The summed E-state index contributed by atoms with van der Waals surface area (Å²) < 4.78 is 1.73. The van der Waals surface area contributed by atoms with Crippen molar-refractivity contribution in [3.8, 4) is 5.69 Å². The normalized spacial score (nSPS) is 16.6. The van der Waals surface area contributed by atoms with Gasteiger partial charge in [0.05, 0.1) is 18.3 Å². The number of imide groups is 1. The van der Waals surface area contributed by atoms with Crippen molar-refractivity contribution in [1.82, 2.24) is 25.3 Å². The third-order valence-electron chi connectivity index (χ3n) is 3.74. The lowest BCUT2D eigenvalue weighted by Crippen LogP contribution is -2.36. The van der Waals surface area contributed by atoms with Crippen molar-refractivity contribution < 1.29 is 14.4 Å². The molecule has 0 spiro atoms. The highest BCUT2D eigenvalue weighted by molar-refractivity contribution is 6.05. The average Bonchev–Trinajstić information content (AvgIpc) is 3.15. The highest BCUT2D eigenvalue weighted by Gasteiger charge is 2.32. The zero-order chi connectivity index (χ0) is 17.1. The number of nitrogens with zero attached hydrogens (tertiary/aromatic N) is 3. The average molecular weight is 327 g/mol. The highest BCUT2D eigenvalue weighted by Crippen LogP contribution is 2.10. The summed E-state index contributed by atoms with van der Waals surface area (Å²) in [6.07, 6.45) is 3.48. The molecular weight excluding hydrogens is 310 g/mol. The molecule has 2 aromatic rings. The maximum absolute atomic E-state index is 12.2. The van der Waals surface area contributed by atoms with Gasteiger partial charge >= 0.3 is 6.03 Å². The van der Waals surface area contributed by atoms with Gasteiger partial charge in [-0.25, -0.2) is 9.48 Å². The summed E-state index contributed by atoms with van der Waals surface area (Å²) in [6.45, 7) is 0.369. The van der Waals surface area contributed by atoms with Gasteiger partial charge in [-0.05, 0) is 12.1 Å². The molecule has 124 valence electrons. The van der Waals surface area contributed by atoms with Crippen molar-refractivity contribution in [2.75, 3.05) is 7.05 Å². The molecule has 1 aliphatic heterocycles. The summed E-state index contributed by atoms with van der Waals surface area (Å²) in [7, 11) is 1.65. The first-order valence-corrected chi connectivity index (χ1v) is 7.47. The molecule has 8 heteroatoms. The number of aromatic nitrogens is 2. The topological polar surface area (TPSA) is 96.3 Å². The third-order valence-corrected chi connectivity index (χ3v) is 3.74. The number of benzene rings is 1.